The van der Waals surface area contributed by atoms with E-state index in [2.05, 4.69) is 10.6 Å². The van der Waals surface area contributed by atoms with Gasteiger partial charge in [-0.1, -0.05) is 6.08 Å². The highest BCUT2D eigenvalue weighted by molar-refractivity contribution is 6.22. The fourth-order valence-corrected chi connectivity index (χ4v) is 3.99. The highest BCUT2D eigenvalue weighted by atomic mass is 16.5. The molecule has 2 aliphatic carbocycles. The van der Waals surface area contributed by atoms with E-state index in [0.29, 0.717) is 30.9 Å². The summed E-state index contributed by atoms with van der Waals surface area (Å²) in [5, 5.41) is 5.17. The average molecular weight is 345 g/mol. The quantitative estimate of drug-likeness (QED) is 0.501. The van der Waals surface area contributed by atoms with E-state index in [0.717, 1.165) is 4.90 Å². The summed E-state index contributed by atoms with van der Waals surface area (Å²) in [6.07, 6.45) is 4.50. The van der Waals surface area contributed by atoms with E-state index in [1.807, 2.05) is 6.08 Å². The molecule has 8 nitrogen and oxygen atoms in total. The second-order valence-electron chi connectivity index (χ2n) is 6.78. The number of allylic oxidation sites excluding steroid dienone is 2. The van der Waals surface area contributed by atoms with Crippen molar-refractivity contribution in [3.8, 4) is 0 Å². The topological polar surface area (TPSA) is 105 Å². The summed E-state index contributed by atoms with van der Waals surface area (Å²) in [6, 6.07) is -0.926. The molecule has 8 heteroatoms. The van der Waals surface area contributed by atoms with Crippen molar-refractivity contribution >= 4 is 23.6 Å². The number of hydrogen-bond acceptors (Lipinski definition) is 6. The van der Waals surface area contributed by atoms with Crippen molar-refractivity contribution in [3.05, 3.63) is 23.5 Å². The number of likely N-dealkylation sites (tertiary alicyclic amines) is 1. The third kappa shape index (κ3) is 2.17. The molecular formula is C17H19N3O5. The van der Waals surface area contributed by atoms with E-state index in [1.165, 1.54) is 0 Å². The predicted molar refractivity (Wildman–Crippen MR) is 84.6 cm³/mol. The van der Waals surface area contributed by atoms with Gasteiger partial charge in [0.25, 0.3) is 5.91 Å². The minimum atomic E-state index is -0.926. The van der Waals surface area contributed by atoms with Crippen molar-refractivity contribution in [2.45, 2.75) is 25.3 Å². The molecule has 2 N–H and O–H groups in total. The zero-order chi connectivity index (χ0) is 17.8. The molecule has 132 valence electrons. The summed E-state index contributed by atoms with van der Waals surface area (Å²) < 4.78 is 5.70. The van der Waals surface area contributed by atoms with Gasteiger partial charge in [-0.3, -0.25) is 29.4 Å². The van der Waals surface area contributed by atoms with E-state index in [-0.39, 0.29) is 30.6 Å². The lowest BCUT2D eigenvalue weighted by molar-refractivity contribution is -0.151. The molecule has 3 atom stereocenters. The van der Waals surface area contributed by atoms with Crippen LogP contribution in [0, 0.1) is 11.3 Å². The lowest BCUT2D eigenvalue weighted by Crippen LogP contribution is -2.54. The molecule has 0 aromatic carbocycles. The predicted octanol–water partition coefficient (Wildman–Crippen LogP) is -0.773. The number of imide groups is 2. The third-order valence-electron chi connectivity index (χ3n) is 5.35. The first-order valence-corrected chi connectivity index (χ1v) is 8.42. The second-order valence-corrected chi connectivity index (χ2v) is 6.78. The Morgan fingerprint density at radius 1 is 1.36 bits per heavy atom. The van der Waals surface area contributed by atoms with Crippen LogP contribution in [0.2, 0.25) is 0 Å². The number of carbonyl (C=O) groups excluding carboxylic acids is 4. The van der Waals surface area contributed by atoms with Gasteiger partial charge in [-0.15, -0.1) is 0 Å². The number of ether oxygens (including phenoxy) is 1. The van der Waals surface area contributed by atoms with Crippen molar-refractivity contribution in [3.63, 3.8) is 0 Å². The SMILES string of the molecule is CNCCOC1=C2C(=O)N(C3CCC(=O)NC3=O)C(=O)C23CC3C=C1. The Hall–Kier alpha value is -2.48. The average Bonchev–Trinajstić information content (AvgIpc) is 3.27. The number of nitrogens with one attached hydrogen (secondary N) is 2. The van der Waals surface area contributed by atoms with Crippen molar-refractivity contribution < 1.29 is 23.9 Å². The highest BCUT2D eigenvalue weighted by Crippen LogP contribution is 2.65. The fourth-order valence-electron chi connectivity index (χ4n) is 3.99. The molecule has 4 rings (SSSR count). The Morgan fingerprint density at radius 3 is 2.88 bits per heavy atom. The Balaban J connectivity index is 1.67. The van der Waals surface area contributed by atoms with E-state index in [4.69, 9.17) is 4.74 Å². The van der Waals surface area contributed by atoms with Crippen LogP contribution >= 0.6 is 0 Å². The second kappa shape index (κ2) is 5.52. The summed E-state index contributed by atoms with van der Waals surface area (Å²) in [6.45, 7) is 0.986. The largest absolute Gasteiger partial charge is 0.492 e. The maximum Gasteiger partial charge on any atom is 0.262 e. The third-order valence-corrected chi connectivity index (χ3v) is 5.35. The lowest BCUT2D eigenvalue weighted by atomic mass is 9.91. The van der Waals surface area contributed by atoms with Crippen molar-refractivity contribution in [1.82, 2.24) is 15.5 Å². The molecule has 25 heavy (non-hydrogen) atoms. The number of hydrogen-bond donors (Lipinski definition) is 2. The van der Waals surface area contributed by atoms with Crippen LogP contribution in [0.5, 0.6) is 0 Å². The van der Waals surface area contributed by atoms with Gasteiger partial charge in [0, 0.05) is 13.0 Å². The van der Waals surface area contributed by atoms with E-state index in [1.54, 1.807) is 13.1 Å². The summed E-state index contributed by atoms with van der Waals surface area (Å²) in [4.78, 5) is 50.6. The van der Waals surface area contributed by atoms with Gasteiger partial charge in [0.05, 0.1) is 11.0 Å². The molecular weight excluding hydrogens is 326 g/mol. The number of likely N-dealkylation sites (N-methyl/N-ethyl adjacent to an activating group) is 1. The number of amides is 4. The first-order chi connectivity index (χ1) is 12.0. The molecule has 3 fully saturated rings. The van der Waals surface area contributed by atoms with Crippen molar-refractivity contribution in [2.75, 3.05) is 20.2 Å². The van der Waals surface area contributed by atoms with Gasteiger partial charge >= 0.3 is 0 Å². The summed E-state index contributed by atoms with van der Waals surface area (Å²) in [7, 11) is 1.80. The zero-order valence-corrected chi connectivity index (χ0v) is 13.8. The van der Waals surface area contributed by atoms with E-state index in [9.17, 15) is 19.2 Å². The molecule has 0 bridgehead atoms. The van der Waals surface area contributed by atoms with Gasteiger partial charge < -0.3 is 10.1 Å². The smallest absolute Gasteiger partial charge is 0.262 e. The molecule has 0 aromatic heterocycles. The molecule has 2 aliphatic heterocycles. The Bertz CT molecular complexity index is 755. The van der Waals surface area contributed by atoms with Crippen LogP contribution in [0.1, 0.15) is 19.3 Å². The molecule has 2 heterocycles. The van der Waals surface area contributed by atoms with Gasteiger partial charge in [-0.05, 0) is 31.9 Å². The standard InChI is InChI=1S/C17H19N3O5/c1-18-6-7-25-11-4-2-9-8-17(9)13(11)15(23)20(16(17)24)10-3-5-12(21)19-14(10)22/h2,4,9-10,18H,3,5-8H2,1H3,(H,19,21,22). The van der Waals surface area contributed by atoms with Crippen molar-refractivity contribution in [1.29, 1.82) is 0 Å². The normalized spacial score (nSPS) is 33.4. The Kier molecular flexibility index (Phi) is 3.54. The zero-order valence-electron chi connectivity index (χ0n) is 13.8. The van der Waals surface area contributed by atoms with Gasteiger partial charge in [-0.25, -0.2) is 0 Å². The summed E-state index contributed by atoms with van der Waals surface area (Å²) >= 11 is 0. The number of piperidine rings is 1. The minimum Gasteiger partial charge on any atom is -0.492 e. The molecule has 1 saturated carbocycles. The van der Waals surface area contributed by atoms with Crippen LogP contribution in [0.4, 0.5) is 0 Å². The Morgan fingerprint density at radius 2 is 2.16 bits per heavy atom. The monoisotopic (exact) mass is 345 g/mol. The van der Waals surface area contributed by atoms with Crippen LogP contribution in [0.3, 0.4) is 0 Å². The summed E-state index contributed by atoms with van der Waals surface area (Å²) in [5.41, 5.74) is -0.506. The molecule has 4 aliphatic rings. The van der Waals surface area contributed by atoms with Crippen LogP contribution in [0.15, 0.2) is 23.5 Å². The van der Waals surface area contributed by atoms with E-state index >= 15 is 0 Å². The molecule has 0 radical (unpaired) electrons. The highest BCUT2D eigenvalue weighted by Gasteiger charge is 2.72. The molecule has 1 spiro atoms. The van der Waals surface area contributed by atoms with Crippen LogP contribution < -0.4 is 10.6 Å². The molecule has 2 saturated heterocycles. The van der Waals surface area contributed by atoms with Gasteiger partial charge in [0.2, 0.25) is 17.7 Å². The maximum absolute atomic E-state index is 13.0. The maximum atomic E-state index is 13.0. The van der Waals surface area contributed by atoms with Crippen LogP contribution in [-0.2, 0) is 23.9 Å². The van der Waals surface area contributed by atoms with Crippen LogP contribution in [-0.4, -0.2) is 54.8 Å². The fraction of sp³-hybridized carbons (Fsp3) is 0.529. The number of nitrogens with zero attached hydrogens (tertiary/aromatic N) is 1. The lowest BCUT2D eigenvalue weighted by Gasteiger charge is -2.28. The van der Waals surface area contributed by atoms with Gasteiger partial charge in [0.15, 0.2) is 0 Å². The molecule has 0 aromatic rings. The number of carbonyl (C=O) groups is 4. The molecule has 4 amide bonds. The van der Waals surface area contributed by atoms with Gasteiger partial charge in [-0.2, -0.15) is 0 Å². The van der Waals surface area contributed by atoms with Crippen molar-refractivity contribution in [2.24, 2.45) is 11.3 Å². The minimum absolute atomic E-state index is 0.0196. The van der Waals surface area contributed by atoms with E-state index < -0.39 is 23.3 Å². The Labute approximate surface area is 144 Å². The molecule has 3 unspecified atom stereocenters. The first kappa shape index (κ1) is 16.0. The van der Waals surface area contributed by atoms with Crippen LogP contribution in [0.25, 0.3) is 0 Å². The number of rotatable bonds is 5. The summed E-state index contributed by atoms with van der Waals surface area (Å²) in [5.74, 6) is -1.38. The first-order valence-electron chi connectivity index (χ1n) is 8.42. The van der Waals surface area contributed by atoms with Gasteiger partial charge in [0.1, 0.15) is 18.4 Å².